The van der Waals surface area contributed by atoms with Crippen LogP contribution in [0.2, 0.25) is 0 Å². The summed E-state index contributed by atoms with van der Waals surface area (Å²) < 4.78 is 46.6. The van der Waals surface area contributed by atoms with Crippen LogP contribution in [-0.2, 0) is 4.74 Å². The van der Waals surface area contributed by atoms with E-state index >= 15 is 0 Å². The van der Waals surface area contributed by atoms with Gasteiger partial charge in [-0.2, -0.15) is 0 Å². The summed E-state index contributed by atoms with van der Waals surface area (Å²) in [6.45, 7) is 5.75. The van der Waals surface area contributed by atoms with Gasteiger partial charge in [0, 0.05) is 19.6 Å². The monoisotopic (exact) mass is 304 g/mol. The number of halogens is 3. The second-order valence-corrected chi connectivity index (χ2v) is 4.81. The fourth-order valence-corrected chi connectivity index (χ4v) is 2.24. The first-order valence-electron chi connectivity index (χ1n) is 6.90. The first kappa shape index (κ1) is 15.9. The van der Waals surface area contributed by atoms with E-state index in [1.165, 1.54) is 12.1 Å². The largest absolute Gasteiger partial charge is 0.573 e. The lowest BCUT2D eigenvalue weighted by Gasteiger charge is -2.32. The molecule has 1 atom stereocenters. The van der Waals surface area contributed by atoms with E-state index in [1.807, 2.05) is 0 Å². The Kier molecular flexibility index (Phi) is 5.30. The average Bonchev–Trinajstić information content (AvgIpc) is 2.45. The van der Waals surface area contributed by atoms with E-state index in [9.17, 15) is 13.2 Å². The molecule has 0 aromatic heterocycles. The van der Waals surface area contributed by atoms with Crippen molar-refractivity contribution in [2.45, 2.75) is 19.4 Å². The van der Waals surface area contributed by atoms with Crippen molar-refractivity contribution in [2.24, 2.45) is 0 Å². The van der Waals surface area contributed by atoms with Crippen LogP contribution < -0.4 is 10.1 Å². The molecule has 1 aromatic rings. The minimum atomic E-state index is -4.70. The normalized spacial score (nSPS) is 20.3. The van der Waals surface area contributed by atoms with Crippen molar-refractivity contribution < 1.29 is 22.6 Å². The first-order valence-corrected chi connectivity index (χ1v) is 6.90. The van der Waals surface area contributed by atoms with E-state index in [0.29, 0.717) is 18.8 Å². The van der Waals surface area contributed by atoms with Crippen molar-refractivity contribution in [1.82, 2.24) is 4.90 Å². The van der Waals surface area contributed by atoms with Gasteiger partial charge in [-0.15, -0.1) is 13.2 Å². The number of anilines is 1. The van der Waals surface area contributed by atoms with Gasteiger partial charge in [-0.25, -0.2) is 0 Å². The van der Waals surface area contributed by atoms with E-state index < -0.39 is 6.36 Å². The number of rotatable bonds is 5. The molecular formula is C14H19F3N2O2. The Morgan fingerprint density at radius 1 is 1.38 bits per heavy atom. The Labute approximate surface area is 121 Å². The van der Waals surface area contributed by atoms with Crippen molar-refractivity contribution >= 4 is 5.69 Å². The number of benzene rings is 1. The molecule has 1 saturated heterocycles. The number of hydrogen-bond donors (Lipinski definition) is 1. The lowest BCUT2D eigenvalue weighted by molar-refractivity contribution is -0.274. The molecule has 1 aliphatic rings. The van der Waals surface area contributed by atoms with E-state index in [1.54, 1.807) is 12.1 Å². The molecule has 0 aliphatic carbocycles. The zero-order valence-corrected chi connectivity index (χ0v) is 11.8. The Morgan fingerprint density at radius 3 is 2.86 bits per heavy atom. The van der Waals surface area contributed by atoms with Crippen LogP contribution in [0.15, 0.2) is 24.3 Å². The van der Waals surface area contributed by atoms with Gasteiger partial charge in [0.05, 0.1) is 18.4 Å². The van der Waals surface area contributed by atoms with Gasteiger partial charge in [-0.3, -0.25) is 4.90 Å². The van der Waals surface area contributed by atoms with Crippen LogP contribution in [0.3, 0.4) is 0 Å². The number of para-hydroxylation sites is 2. The molecule has 7 heteroatoms. The Hall–Kier alpha value is -1.47. The van der Waals surface area contributed by atoms with E-state index in [0.717, 1.165) is 19.6 Å². The number of ether oxygens (including phenoxy) is 2. The van der Waals surface area contributed by atoms with Crippen LogP contribution in [0.1, 0.15) is 6.92 Å². The number of likely N-dealkylation sites (N-methyl/N-ethyl adjacent to an activating group) is 1. The highest BCUT2D eigenvalue weighted by molar-refractivity contribution is 5.56. The molecule has 4 nitrogen and oxygen atoms in total. The van der Waals surface area contributed by atoms with E-state index in [-0.39, 0.29) is 11.9 Å². The Morgan fingerprint density at radius 2 is 2.14 bits per heavy atom. The minimum Gasteiger partial charge on any atom is -0.404 e. The maximum atomic E-state index is 12.3. The van der Waals surface area contributed by atoms with Crippen LogP contribution in [0.5, 0.6) is 5.75 Å². The summed E-state index contributed by atoms with van der Waals surface area (Å²) >= 11 is 0. The molecule has 0 bridgehead atoms. The Balaban J connectivity index is 1.93. The second-order valence-electron chi connectivity index (χ2n) is 4.81. The van der Waals surface area contributed by atoms with Crippen LogP contribution in [-0.4, -0.2) is 50.2 Å². The fraction of sp³-hybridized carbons (Fsp3) is 0.571. The summed E-state index contributed by atoms with van der Waals surface area (Å²) in [5.41, 5.74) is 0.312. The van der Waals surface area contributed by atoms with Crippen LogP contribution in [0, 0.1) is 0 Å². The number of alkyl halides is 3. The molecule has 1 fully saturated rings. The lowest BCUT2D eigenvalue weighted by atomic mass is 10.2. The molecule has 0 radical (unpaired) electrons. The molecule has 1 N–H and O–H groups in total. The van der Waals surface area contributed by atoms with Crippen LogP contribution in [0.25, 0.3) is 0 Å². The molecule has 1 aliphatic heterocycles. The van der Waals surface area contributed by atoms with Gasteiger partial charge in [0.1, 0.15) is 0 Å². The van der Waals surface area contributed by atoms with Crippen molar-refractivity contribution in [3.63, 3.8) is 0 Å². The third kappa shape index (κ3) is 5.09. The zero-order chi connectivity index (χ0) is 15.3. The molecule has 1 unspecified atom stereocenters. The summed E-state index contributed by atoms with van der Waals surface area (Å²) in [6, 6.07) is 6.01. The minimum absolute atomic E-state index is 0.0438. The topological polar surface area (TPSA) is 33.7 Å². The van der Waals surface area contributed by atoms with Gasteiger partial charge < -0.3 is 14.8 Å². The fourth-order valence-electron chi connectivity index (χ4n) is 2.24. The molecule has 2 rings (SSSR count). The lowest BCUT2D eigenvalue weighted by Crippen LogP contribution is -2.45. The van der Waals surface area contributed by atoms with E-state index in [2.05, 4.69) is 21.9 Å². The molecule has 0 saturated carbocycles. The highest BCUT2D eigenvalue weighted by Crippen LogP contribution is 2.29. The maximum Gasteiger partial charge on any atom is 0.573 e. The maximum absolute atomic E-state index is 12.3. The summed E-state index contributed by atoms with van der Waals surface area (Å²) in [5.74, 6) is -0.229. The predicted molar refractivity (Wildman–Crippen MR) is 73.5 cm³/mol. The first-order chi connectivity index (χ1) is 9.98. The number of nitrogens with zero attached hydrogens (tertiary/aromatic N) is 1. The zero-order valence-electron chi connectivity index (χ0n) is 11.8. The quantitative estimate of drug-likeness (QED) is 0.907. The second kappa shape index (κ2) is 7.00. The summed E-state index contributed by atoms with van der Waals surface area (Å²) in [6.07, 6.45) is -4.74. The van der Waals surface area contributed by atoms with Gasteiger partial charge in [0.15, 0.2) is 5.75 Å². The summed E-state index contributed by atoms with van der Waals surface area (Å²) in [4.78, 5) is 2.24. The average molecular weight is 304 g/mol. The molecule has 21 heavy (non-hydrogen) atoms. The van der Waals surface area contributed by atoms with Crippen molar-refractivity contribution in [3.05, 3.63) is 24.3 Å². The standard InChI is InChI=1S/C14H19F3N2O2/c1-2-19-7-8-20-11(10-19)9-18-12-5-3-4-6-13(12)21-14(15,16)17/h3-6,11,18H,2,7-10H2,1H3. The van der Waals surface area contributed by atoms with Gasteiger partial charge in [-0.05, 0) is 18.7 Å². The van der Waals surface area contributed by atoms with Crippen LogP contribution in [0.4, 0.5) is 18.9 Å². The highest BCUT2D eigenvalue weighted by Gasteiger charge is 2.32. The number of hydrogen-bond acceptors (Lipinski definition) is 4. The molecule has 0 amide bonds. The highest BCUT2D eigenvalue weighted by atomic mass is 19.4. The number of morpholine rings is 1. The predicted octanol–water partition coefficient (Wildman–Crippen LogP) is 2.72. The van der Waals surface area contributed by atoms with Gasteiger partial charge >= 0.3 is 6.36 Å². The van der Waals surface area contributed by atoms with Gasteiger partial charge in [0.2, 0.25) is 0 Å². The van der Waals surface area contributed by atoms with Gasteiger partial charge in [-0.1, -0.05) is 19.1 Å². The summed E-state index contributed by atoms with van der Waals surface area (Å²) in [7, 11) is 0. The smallest absolute Gasteiger partial charge is 0.404 e. The SMILES string of the molecule is CCN1CCOC(CNc2ccccc2OC(F)(F)F)C1. The molecule has 1 aromatic carbocycles. The third-order valence-corrected chi connectivity index (χ3v) is 3.30. The van der Waals surface area contributed by atoms with E-state index in [4.69, 9.17) is 4.74 Å². The molecule has 0 spiro atoms. The Bertz CT molecular complexity index is 454. The summed E-state index contributed by atoms with van der Waals surface area (Å²) in [5, 5.41) is 2.97. The van der Waals surface area contributed by atoms with Crippen molar-refractivity contribution in [3.8, 4) is 5.75 Å². The van der Waals surface area contributed by atoms with Crippen molar-refractivity contribution in [2.75, 3.05) is 38.1 Å². The third-order valence-electron chi connectivity index (χ3n) is 3.30. The molecule has 118 valence electrons. The molecular weight excluding hydrogens is 285 g/mol. The number of nitrogens with one attached hydrogen (secondary N) is 1. The van der Waals surface area contributed by atoms with Crippen molar-refractivity contribution in [1.29, 1.82) is 0 Å². The molecule has 1 heterocycles. The van der Waals surface area contributed by atoms with Gasteiger partial charge in [0.25, 0.3) is 0 Å². The van der Waals surface area contributed by atoms with Crippen LogP contribution >= 0.6 is 0 Å².